The number of hydrogen-bond donors (Lipinski definition) is 0. The maximum Gasteiger partial charge on any atom is 0.310 e. The van der Waals surface area contributed by atoms with Crippen molar-refractivity contribution in [3.63, 3.8) is 0 Å². The van der Waals surface area contributed by atoms with Gasteiger partial charge in [0, 0.05) is 6.92 Å². The molecule has 0 aromatic carbocycles. The quantitative estimate of drug-likeness (QED) is 0.644. The molecule has 20 heavy (non-hydrogen) atoms. The first-order valence-corrected chi connectivity index (χ1v) is 6.79. The molecule has 0 saturated heterocycles. The van der Waals surface area contributed by atoms with Gasteiger partial charge in [0.25, 0.3) is 5.92 Å². The van der Waals surface area contributed by atoms with E-state index < -0.39 is 30.1 Å². The lowest BCUT2D eigenvalue weighted by atomic mass is 9.98. The van der Waals surface area contributed by atoms with Crippen LogP contribution in [0.4, 0.5) is 8.78 Å². The Morgan fingerprint density at radius 3 is 2.15 bits per heavy atom. The highest BCUT2D eigenvalue weighted by atomic mass is 19.3. The second-order valence-corrected chi connectivity index (χ2v) is 5.44. The minimum Gasteiger partial charge on any atom is -0.459 e. The van der Waals surface area contributed by atoms with Crippen LogP contribution in [-0.4, -0.2) is 30.1 Å². The van der Waals surface area contributed by atoms with Crippen molar-refractivity contribution in [1.29, 1.82) is 0 Å². The molecule has 0 heterocycles. The zero-order chi connectivity index (χ0) is 16.0. The van der Waals surface area contributed by atoms with Crippen molar-refractivity contribution >= 4 is 11.9 Å². The molecular formula is C14H24F2O4. The van der Waals surface area contributed by atoms with Crippen molar-refractivity contribution in [1.82, 2.24) is 0 Å². The lowest BCUT2D eigenvalue weighted by molar-refractivity contribution is -0.172. The molecule has 0 rings (SSSR count). The van der Waals surface area contributed by atoms with E-state index in [1.807, 2.05) is 6.92 Å². The minimum absolute atomic E-state index is 0.234. The first kappa shape index (κ1) is 18.8. The smallest absolute Gasteiger partial charge is 0.310 e. The summed E-state index contributed by atoms with van der Waals surface area (Å²) in [6.07, 6.45) is 0.791. The topological polar surface area (TPSA) is 52.6 Å². The first-order chi connectivity index (χ1) is 9.03. The predicted molar refractivity (Wildman–Crippen MR) is 70.4 cm³/mol. The van der Waals surface area contributed by atoms with Crippen LogP contribution in [-0.2, 0) is 19.1 Å². The molecule has 0 aliphatic rings. The summed E-state index contributed by atoms with van der Waals surface area (Å²) in [5, 5.41) is 0. The number of ether oxygens (including phenoxy) is 2. The third-order valence-corrected chi connectivity index (χ3v) is 3.11. The summed E-state index contributed by atoms with van der Waals surface area (Å²) < 4.78 is 35.0. The monoisotopic (exact) mass is 294 g/mol. The van der Waals surface area contributed by atoms with Gasteiger partial charge in [0.15, 0.2) is 6.61 Å². The van der Waals surface area contributed by atoms with Gasteiger partial charge in [-0.05, 0) is 19.8 Å². The van der Waals surface area contributed by atoms with E-state index in [4.69, 9.17) is 4.74 Å². The SMILES string of the molecule is CCC(C)C(=O)OC(C)(CC)CC(=O)OCC(C)(F)F. The zero-order valence-electron chi connectivity index (χ0n) is 12.8. The van der Waals surface area contributed by atoms with Gasteiger partial charge in [0.1, 0.15) is 5.60 Å². The number of halogens is 2. The molecule has 4 nitrogen and oxygen atoms in total. The average molecular weight is 294 g/mol. The van der Waals surface area contributed by atoms with E-state index in [2.05, 4.69) is 4.74 Å². The van der Waals surface area contributed by atoms with Crippen molar-refractivity contribution in [2.24, 2.45) is 5.92 Å². The zero-order valence-corrected chi connectivity index (χ0v) is 12.8. The highest BCUT2D eigenvalue weighted by molar-refractivity contribution is 5.74. The number of hydrogen-bond acceptors (Lipinski definition) is 4. The van der Waals surface area contributed by atoms with Crippen LogP contribution in [0.2, 0.25) is 0 Å². The molecule has 0 saturated carbocycles. The van der Waals surface area contributed by atoms with E-state index in [0.29, 0.717) is 19.8 Å². The number of esters is 2. The normalized spacial score (nSPS) is 16.1. The van der Waals surface area contributed by atoms with Gasteiger partial charge in [-0.2, -0.15) is 0 Å². The maximum atomic E-state index is 12.6. The van der Waals surface area contributed by atoms with Crippen molar-refractivity contribution in [2.75, 3.05) is 6.61 Å². The molecule has 0 aromatic heterocycles. The molecule has 6 heteroatoms. The highest BCUT2D eigenvalue weighted by Crippen LogP contribution is 2.23. The van der Waals surface area contributed by atoms with Gasteiger partial charge in [0.05, 0.1) is 12.3 Å². The molecule has 0 bridgehead atoms. The molecule has 0 spiro atoms. The van der Waals surface area contributed by atoms with Gasteiger partial charge < -0.3 is 9.47 Å². The Hall–Kier alpha value is -1.20. The lowest BCUT2D eigenvalue weighted by Crippen LogP contribution is -2.36. The van der Waals surface area contributed by atoms with Crippen molar-refractivity contribution in [3.05, 3.63) is 0 Å². The van der Waals surface area contributed by atoms with Gasteiger partial charge in [-0.15, -0.1) is 0 Å². The van der Waals surface area contributed by atoms with E-state index in [1.54, 1.807) is 20.8 Å². The number of carbonyl (C=O) groups excluding carboxylic acids is 2. The van der Waals surface area contributed by atoms with E-state index >= 15 is 0 Å². The lowest BCUT2D eigenvalue weighted by Gasteiger charge is -2.29. The Morgan fingerprint density at radius 2 is 1.75 bits per heavy atom. The van der Waals surface area contributed by atoms with E-state index in [1.165, 1.54) is 0 Å². The molecule has 2 unspecified atom stereocenters. The molecule has 0 fully saturated rings. The third kappa shape index (κ3) is 7.40. The van der Waals surface area contributed by atoms with Crippen LogP contribution in [0, 0.1) is 5.92 Å². The van der Waals surface area contributed by atoms with Crippen LogP contribution in [0.3, 0.4) is 0 Å². The fraction of sp³-hybridized carbons (Fsp3) is 0.857. The molecule has 0 aromatic rings. The van der Waals surface area contributed by atoms with Crippen LogP contribution >= 0.6 is 0 Å². The fourth-order valence-corrected chi connectivity index (χ4v) is 1.31. The summed E-state index contributed by atoms with van der Waals surface area (Å²) in [7, 11) is 0. The Bertz CT molecular complexity index is 339. The summed E-state index contributed by atoms with van der Waals surface area (Å²) >= 11 is 0. The van der Waals surface area contributed by atoms with Gasteiger partial charge in [-0.1, -0.05) is 20.8 Å². The van der Waals surface area contributed by atoms with E-state index in [0.717, 1.165) is 0 Å². The molecule has 0 N–H and O–H groups in total. The second kappa shape index (κ2) is 7.55. The molecule has 0 amide bonds. The maximum absolute atomic E-state index is 12.6. The van der Waals surface area contributed by atoms with Crippen LogP contribution < -0.4 is 0 Å². The molecule has 0 aliphatic carbocycles. The Balaban J connectivity index is 4.50. The first-order valence-electron chi connectivity index (χ1n) is 6.79. The molecule has 0 radical (unpaired) electrons. The summed E-state index contributed by atoms with van der Waals surface area (Å²) in [5.74, 6) is -4.53. The van der Waals surface area contributed by atoms with Crippen LogP contribution in [0.15, 0.2) is 0 Å². The predicted octanol–water partition coefficient (Wildman–Crippen LogP) is 3.33. The molecule has 118 valence electrons. The Morgan fingerprint density at radius 1 is 1.20 bits per heavy atom. The number of carbonyl (C=O) groups is 2. The summed E-state index contributed by atoms with van der Waals surface area (Å²) in [6.45, 7) is 6.64. The van der Waals surface area contributed by atoms with Crippen LogP contribution in [0.25, 0.3) is 0 Å². The fourth-order valence-electron chi connectivity index (χ4n) is 1.31. The van der Waals surface area contributed by atoms with Gasteiger partial charge in [-0.3, -0.25) is 9.59 Å². The number of alkyl halides is 2. The summed E-state index contributed by atoms with van der Waals surface area (Å²) in [6, 6.07) is 0. The minimum atomic E-state index is -3.06. The standard InChI is InChI=1S/C14H24F2O4/c1-6-10(3)12(18)20-13(4,7-2)8-11(17)19-9-14(5,15)16/h10H,6-9H2,1-5H3. The average Bonchev–Trinajstić information content (AvgIpc) is 2.34. The summed E-state index contributed by atoms with van der Waals surface area (Å²) in [5.41, 5.74) is -1.03. The van der Waals surface area contributed by atoms with Crippen molar-refractivity contribution in [2.45, 2.75) is 65.4 Å². The highest BCUT2D eigenvalue weighted by Gasteiger charge is 2.33. The second-order valence-electron chi connectivity index (χ2n) is 5.44. The summed E-state index contributed by atoms with van der Waals surface area (Å²) in [4.78, 5) is 23.3. The van der Waals surface area contributed by atoms with Gasteiger partial charge in [-0.25, -0.2) is 8.78 Å². The largest absolute Gasteiger partial charge is 0.459 e. The van der Waals surface area contributed by atoms with Crippen LogP contribution in [0.5, 0.6) is 0 Å². The van der Waals surface area contributed by atoms with Crippen molar-refractivity contribution < 1.29 is 27.8 Å². The van der Waals surface area contributed by atoms with E-state index in [-0.39, 0.29) is 12.3 Å². The third-order valence-electron chi connectivity index (χ3n) is 3.11. The van der Waals surface area contributed by atoms with Crippen LogP contribution in [0.1, 0.15) is 53.9 Å². The Labute approximate surface area is 118 Å². The van der Waals surface area contributed by atoms with Gasteiger partial charge >= 0.3 is 11.9 Å². The molecule has 0 aliphatic heterocycles. The van der Waals surface area contributed by atoms with Gasteiger partial charge in [0.2, 0.25) is 0 Å². The van der Waals surface area contributed by atoms with Crippen molar-refractivity contribution in [3.8, 4) is 0 Å². The molecular weight excluding hydrogens is 270 g/mol. The van der Waals surface area contributed by atoms with E-state index in [9.17, 15) is 18.4 Å². The number of rotatable bonds is 8. The Kier molecular flexibility index (Phi) is 7.09. The molecule has 2 atom stereocenters.